The van der Waals surface area contributed by atoms with Gasteiger partial charge in [0.15, 0.2) is 5.78 Å². The molecule has 0 atom stereocenters. The Morgan fingerprint density at radius 2 is 2.29 bits per heavy atom. The fourth-order valence-electron chi connectivity index (χ4n) is 0.950. The highest BCUT2D eigenvalue weighted by atomic mass is 32.1. The maximum absolute atomic E-state index is 11.5. The third-order valence-corrected chi connectivity index (χ3v) is 2.45. The fourth-order valence-corrected chi connectivity index (χ4v) is 1.57. The van der Waals surface area contributed by atoms with E-state index < -0.39 is 0 Å². The average Bonchev–Trinajstić information content (AvgIpc) is 2.52. The van der Waals surface area contributed by atoms with Gasteiger partial charge in [0, 0.05) is 23.0 Å². The molecule has 0 amide bonds. The van der Waals surface area contributed by atoms with Crippen LogP contribution in [0.15, 0.2) is 11.7 Å². The van der Waals surface area contributed by atoms with E-state index in [-0.39, 0.29) is 11.3 Å². The third kappa shape index (κ3) is 4.48. The van der Waals surface area contributed by atoms with Crippen molar-refractivity contribution in [2.75, 3.05) is 6.54 Å². The second kappa shape index (κ2) is 4.66. The normalized spacial score (nSPS) is 11.6. The summed E-state index contributed by atoms with van der Waals surface area (Å²) in [6.07, 6.45) is 2.24. The Morgan fingerprint density at radius 3 is 2.79 bits per heavy atom. The van der Waals surface area contributed by atoms with Gasteiger partial charge in [-0.3, -0.25) is 9.78 Å². The number of nitrogens with zero attached hydrogens (tertiary/aromatic N) is 1. The molecule has 1 aromatic heterocycles. The minimum atomic E-state index is 0.00333. The summed E-state index contributed by atoms with van der Waals surface area (Å²) in [5.41, 5.74) is 1.75. The van der Waals surface area contributed by atoms with Crippen LogP contribution in [0.25, 0.3) is 0 Å². The van der Waals surface area contributed by atoms with E-state index in [1.807, 2.05) is 20.8 Å². The van der Waals surface area contributed by atoms with Crippen LogP contribution in [0.3, 0.4) is 0 Å². The number of Topliss-reactive ketones (excluding diaryl/α,β-unsaturated/α-hetero) is 1. The van der Waals surface area contributed by atoms with Gasteiger partial charge in [0.25, 0.3) is 0 Å². The maximum Gasteiger partial charge on any atom is 0.151 e. The highest BCUT2D eigenvalue weighted by Gasteiger charge is 2.11. The van der Waals surface area contributed by atoms with Crippen molar-refractivity contribution in [3.8, 4) is 0 Å². The van der Waals surface area contributed by atoms with Crippen LogP contribution in [0, 0.1) is 0 Å². The van der Waals surface area contributed by atoms with Crippen molar-refractivity contribution in [3.63, 3.8) is 0 Å². The van der Waals surface area contributed by atoms with Crippen LogP contribution in [0.2, 0.25) is 0 Å². The Labute approximate surface area is 88.6 Å². The molecule has 1 rings (SSSR count). The predicted molar refractivity (Wildman–Crippen MR) is 58.6 cm³/mol. The maximum atomic E-state index is 11.5. The van der Waals surface area contributed by atoms with Crippen LogP contribution < -0.4 is 5.32 Å². The molecule has 0 radical (unpaired) electrons. The first-order chi connectivity index (χ1) is 6.47. The molecular formula is C10H16N2OS. The number of ketones is 1. The highest BCUT2D eigenvalue weighted by Crippen LogP contribution is 2.06. The summed E-state index contributed by atoms with van der Waals surface area (Å²) in [5.74, 6) is 0.212. The van der Waals surface area contributed by atoms with Crippen molar-refractivity contribution in [2.24, 2.45) is 0 Å². The summed E-state index contributed by atoms with van der Waals surface area (Å²) < 4.78 is 0. The Balaban J connectivity index is 2.30. The number of hydrogen-bond acceptors (Lipinski definition) is 4. The van der Waals surface area contributed by atoms with Crippen LogP contribution in [0.4, 0.5) is 0 Å². The van der Waals surface area contributed by atoms with Crippen molar-refractivity contribution in [2.45, 2.75) is 32.7 Å². The van der Waals surface area contributed by atoms with Gasteiger partial charge in [-0.25, -0.2) is 0 Å². The van der Waals surface area contributed by atoms with Crippen LogP contribution in [-0.2, 0) is 11.2 Å². The first-order valence-electron chi connectivity index (χ1n) is 4.61. The lowest BCUT2D eigenvalue weighted by molar-refractivity contribution is -0.117. The van der Waals surface area contributed by atoms with Crippen LogP contribution in [0.5, 0.6) is 0 Å². The second-order valence-electron chi connectivity index (χ2n) is 4.29. The molecule has 0 saturated carbocycles. The zero-order valence-electron chi connectivity index (χ0n) is 8.83. The SMILES string of the molecule is CC(C)(C)NCC(=O)Cc1cncs1. The van der Waals surface area contributed by atoms with Crippen LogP contribution in [0.1, 0.15) is 25.6 Å². The molecule has 0 bridgehead atoms. The van der Waals surface area contributed by atoms with E-state index in [0.717, 1.165) is 4.88 Å². The number of carbonyl (C=O) groups is 1. The first-order valence-corrected chi connectivity index (χ1v) is 5.49. The summed E-state index contributed by atoms with van der Waals surface area (Å²) in [6.45, 7) is 6.58. The van der Waals surface area contributed by atoms with Crippen LogP contribution in [-0.4, -0.2) is 22.9 Å². The molecule has 1 aromatic rings. The van der Waals surface area contributed by atoms with Crippen molar-refractivity contribution >= 4 is 17.1 Å². The quantitative estimate of drug-likeness (QED) is 0.825. The van der Waals surface area contributed by atoms with E-state index in [1.165, 1.54) is 11.3 Å². The number of hydrogen-bond donors (Lipinski definition) is 1. The molecule has 14 heavy (non-hydrogen) atoms. The average molecular weight is 212 g/mol. The standard InChI is InChI=1S/C10H16N2OS/c1-10(2,3)12-5-8(13)4-9-6-11-7-14-9/h6-7,12H,4-5H2,1-3H3. The zero-order valence-corrected chi connectivity index (χ0v) is 9.65. The van der Waals surface area contributed by atoms with E-state index in [4.69, 9.17) is 0 Å². The molecule has 1 heterocycles. The first kappa shape index (κ1) is 11.3. The molecule has 0 aliphatic heterocycles. The Bertz CT molecular complexity index is 288. The molecule has 0 unspecified atom stereocenters. The number of aromatic nitrogens is 1. The van der Waals surface area contributed by atoms with E-state index in [0.29, 0.717) is 13.0 Å². The van der Waals surface area contributed by atoms with Crippen molar-refractivity contribution < 1.29 is 4.79 Å². The fraction of sp³-hybridized carbons (Fsp3) is 0.600. The van der Waals surface area contributed by atoms with Gasteiger partial charge in [-0.2, -0.15) is 0 Å². The summed E-state index contributed by atoms with van der Waals surface area (Å²) >= 11 is 1.52. The van der Waals surface area contributed by atoms with Gasteiger partial charge in [0.2, 0.25) is 0 Å². The lowest BCUT2D eigenvalue weighted by atomic mass is 10.1. The van der Waals surface area contributed by atoms with Gasteiger partial charge >= 0.3 is 0 Å². The van der Waals surface area contributed by atoms with E-state index in [9.17, 15) is 4.79 Å². The molecule has 0 aliphatic carbocycles. The summed E-state index contributed by atoms with van der Waals surface area (Å²) in [7, 11) is 0. The van der Waals surface area contributed by atoms with Crippen molar-refractivity contribution in [1.29, 1.82) is 0 Å². The predicted octanol–water partition coefficient (Wildman–Crippen LogP) is 1.64. The third-order valence-electron chi connectivity index (χ3n) is 1.67. The van der Waals surface area contributed by atoms with E-state index in [1.54, 1.807) is 11.7 Å². The van der Waals surface area contributed by atoms with E-state index >= 15 is 0 Å². The van der Waals surface area contributed by atoms with E-state index in [2.05, 4.69) is 10.3 Å². The number of rotatable bonds is 4. The van der Waals surface area contributed by atoms with Crippen LogP contribution >= 0.6 is 11.3 Å². The molecule has 3 nitrogen and oxygen atoms in total. The minimum absolute atomic E-state index is 0.00333. The topological polar surface area (TPSA) is 42.0 Å². The molecule has 0 fully saturated rings. The Hall–Kier alpha value is -0.740. The summed E-state index contributed by atoms with van der Waals surface area (Å²) in [4.78, 5) is 16.4. The molecular weight excluding hydrogens is 196 g/mol. The molecule has 0 saturated heterocycles. The molecule has 4 heteroatoms. The van der Waals surface area contributed by atoms with Gasteiger partial charge in [0.1, 0.15) is 0 Å². The highest BCUT2D eigenvalue weighted by molar-refractivity contribution is 7.09. The lowest BCUT2D eigenvalue weighted by Crippen LogP contribution is -2.39. The van der Waals surface area contributed by atoms with Gasteiger partial charge in [0.05, 0.1) is 12.1 Å². The Morgan fingerprint density at radius 1 is 1.57 bits per heavy atom. The zero-order chi connectivity index (χ0) is 10.6. The lowest BCUT2D eigenvalue weighted by Gasteiger charge is -2.19. The second-order valence-corrected chi connectivity index (χ2v) is 5.26. The molecule has 0 spiro atoms. The molecule has 0 aromatic carbocycles. The smallest absolute Gasteiger partial charge is 0.151 e. The number of thiazole rings is 1. The van der Waals surface area contributed by atoms with Gasteiger partial charge < -0.3 is 5.32 Å². The summed E-state index contributed by atoms with van der Waals surface area (Å²) in [6, 6.07) is 0. The van der Waals surface area contributed by atoms with Gasteiger partial charge in [-0.15, -0.1) is 11.3 Å². The number of carbonyl (C=O) groups excluding carboxylic acids is 1. The molecule has 0 aliphatic rings. The van der Waals surface area contributed by atoms with Crippen molar-refractivity contribution in [1.82, 2.24) is 10.3 Å². The van der Waals surface area contributed by atoms with Gasteiger partial charge in [-0.05, 0) is 20.8 Å². The number of nitrogens with one attached hydrogen (secondary N) is 1. The largest absolute Gasteiger partial charge is 0.305 e. The van der Waals surface area contributed by atoms with Crippen molar-refractivity contribution in [3.05, 3.63) is 16.6 Å². The Kier molecular flexibility index (Phi) is 3.77. The monoisotopic (exact) mass is 212 g/mol. The van der Waals surface area contributed by atoms with Gasteiger partial charge in [-0.1, -0.05) is 0 Å². The summed E-state index contributed by atoms with van der Waals surface area (Å²) in [5, 5.41) is 3.17. The minimum Gasteiger partial charge on any atom is -0.305 e. The molecule has 1 N–H and O–H groups in total. The molecule has 78 valence electrons.